The number of benzene rings is 1. The van der Waals surface area contributed by atoms with Gasteiger partial charge in [0.05, 0.1) is 6.04 Å². The summed E-state index contributed by atoms with van der Waals surface area (Å²) in [5.41, 5.74) is 1.09. The normalized spacial score (nSPS) is 22.0. The summed E-state index contributed by atoms with van der Waals surface area (Å²) >= 11 is 7.79. The van der Waals surface area contributed by atoms with Crippen LogP contribution < -0.4 is 0 Å². The Morgan fingerprint density at radius 3 is 2.81 bits per heavy atom. The molecular formula is C15H16ClNO3S. The van der Waals surface area contributed by atoms with Crippen molar-refractivity contribution >= 4 is 29.3 Å². The SMILES string of the molecule is O=C(C1=COCCO1)N1CCSC[C@@H]1c1ccc(Cl)cc1. The molecule has 2 heterocycles. The molecule has 0 N–H and O–H groups in total. The topological polar surface area (TPSA) is 38.8 Å². The van der Waals surface area contributed by atoms with Crippen molar-refractivity contribution < 1.29 is 14.3 Å². The molecule has 1 saturated heterocycles. The van der Waals surface area contributed by atoms with E-state index in [9.17, 15) is 4.79 Å². The maximum atomic E-state index is 12.6. The minimum Gasteiger partial charge on any atom is -0.494 e. The minimum absolute atomic E-state index is 0.0416. The van der Waals surface area contributed by atoms with Crippen molar-refractivity contribution in [2.24, 2.45) is 0 Å². The highest BCUT2D eigenvalue weighted by atomic mass is 35.5. The van der Waals surface area contributed by atoms with E-state index in [4.69, 9.17) is 21.1 Å². The van der Waals surface area contributed by atoms with E-state index in [1.807, 2.05) is 40.9 Å². The van der Waals surface area contributed by atoms with Crippen molar-refractivity contribution in [3.63, 3.8) is 0 Å². The van der Waals surface area contributed by atoms with E-state index in [2.05, 4.69) is 0 Å². The maximum absolute atomic E-state index is 12.6. The van der Waals surface area contributed by atoms with Gasteiger partial charge >= 0.3 is 0 Å². The van der Waals surface area contributed by atoms with Gasteiger partial charge in [-0.3, -0.25) is 4.79 Å². The second-order valence-corrected chi connectivity index (χ2v) is 6.43. The lowest BCUT2D eigenvalue weighted by Gasteiger charge is -2.36. The summed E-state index contributed by atoms with van der Waals surface area (Å²) < 4.78 is 10.6. The molecule has 4 nitrogen and oxygen atoms in total. The van der Waals surface area contributed by atoms with Crippen LogP contribution in [-0.4, -0.2) is 42.1 Å². The Bertz CT molecular complexity index is 546. The number of hydrogen-bond acceptors (Lipinski definition) is 4. The molecule has 1 aromatic carbocycles. The number of carbonyl (C=O) groups is 1. The largest absolute Gasteiger partial charge is 0.494 e. The number of carbonyl (C=O) groups excluding carboxylic acids is 1. The molecule has 0 unspecified atom stereocenters. The highest BCUT2D eigenvalue weighted by molar-refractivity contribution is 7.99. The van der Waals surface area contributed by atoms with Gasteiger partial charge in [-0.25, -0.2) is 0 Å². The number of thioether (sulfide) groups is 1. The van der Waals surface area contributed by atoms with Gasteiger partial charge in [0.25, 0.3) is 5.91 Å². The van der Waals surface area contributed by atoms with Crippen molar-refractivity contribution in [3.8, 4) is 0 Å². The minimum atomic E-state index is -0.102. The monoisotopic (exact) mass is 325 g/mol. The first-order valence-electron chi connectivity index (χ1n) is 6.84. The van der Waals surface area contributed by atoms with Gasteiger partial charge in [-0.15, -0.1) is 0 Å². The van der Waals surface area contributed by atoms with Gasteiger partial charge in [-0.1, -0.05) is 23.7 Å². The molecule has 3 rings (SSSR count). The molecule has 1 amide bonds. The van der Waals surface area contributed by atoms with Gasteiger partial charge in [0.15, 0.2) is 0 Å². The van der Waals surface area contributed by atoms with Crippen LogP contribution in [0, 0.1) is 0 Å². The second-order valence-electron chi connectivity index (χ2n) is 4.84. The highest BCUT2D eigenvalue weighted by Crippen LogP contribution is 2.31. The number of nitrogens with zero attached hydrogens (tertiary/aromatic N) is 1. The van der Waals surface area contributed by atoms with Crippen LogP contribution in [0.2, 0.25) is 5.02 Å². The summed E-state index contributed by atoms with van der Waals surface area (Å²) in [4.78, 5) is 14.5. The molecule has 6 heteroatoms. The summed E-state index contributed by atoms with van der Waals surface area (Å²) in [6.45, 7) is 1.62. The lowest BCUT2D eigenvalue weighted by atomic mass is 10.1. The fourth-order valence-electron chi connectivity index (χ4n) is 2.43. The Balaban J connectivity index is 1.82. The van der Waals surface area contributed by atoms with Crippen LogP contribution in [0.15, 0.2) is 36.3 Å². The number of ether oxygens (including phenoxy) is 2. The van der Waals surface area contributed by atoms with Gasteiger partial charge < -0.3 is 14.4 Å². The highest BCUT2D eigenvalue weighted by Gasteiger charge is 2.31. The fourth-order valence-corrected chi connectivity index (χ4v) is 3.64. The Hall–Kier alpha value is -1.33. The molecule has 2 aliphatic heterocycles. The average molecular weight is 326 g/mol. The Morgan fingerprint density at radius 1 is 1.29 bits per heavy atom. The molecule has 1 aromatic rings. The summed E-state index contributed by atoms with van der Waals surface area (Å²) in [6, 6.07) is 7.72. The lowest BCUT2D eigenvalue weighted by Crippen LogP contribution is -2.42. The summed E-state index contributed by atoms with van der Waals surface area (Å²) in [5, 5.41) is 0.701. The van der Waals surface area contributed by atoms with Crippen molar-refractivity contribution in [1.29, 1.82) is 0 Å². The quantitative estimate of drug-likeness (QED) is 0.838. The maximum Gasteiger partial charge on any atom is 0.292 e. The van der Waals surface area contributed by atoms with E-state index in [-0.39, 0.29) is 11.9 Å². The molecule has 0 aromatic heterocycles. The lowest BCUT2D eigenvalue weighted by molar-refractivity contribution is -0.134. The molecule has 21 heavy (non-hydrogen) atoms. The van der Waals surface area contributed by atoms with Crippen LogP contribution in [0.3, 0.4) is 0 Å². The number of halogens is 1. The van der Waals surface area contributed by atoms with E-state index in [1.54, 1.807) is 0 Å². The van der Waals surface area contributed by atoms with E-state index < -0.39 is 0 Å². The molecule has 1 atom stereocenters. The molecule has 0 aliphatic carbocycles. The van der Waals surface area contributed by atoms with E-state index in [0.717, 1.165) is 17.1 Å². The van der Waals surface area contributed by atoms with Gasteiger partial charge in [0.1, 0.15) is 19.5 Å². The zero-order chi connectivity index (χ0) is 14.7. The van der Waals surface area contributed by atoms with E-state index >= 15 is 0 Å². The first-order chi connectivity index (χ1) is 10.3. The molecule has 0 bridgehead atoms. The first-order valence-corrected chi connectivity index (χ1v) is 8.38. The van der Waals surface area contributed by atoms with Crippen molar-refractivity contribution in [2.45, 2.75) is 6.04 Å². The third kappa shape index (κ3) is 3.30. The zero-order valence-corrected chi connectivity index (χ0v) is 13.0. The Kier molecular flexibility index (Phi) is 4.60. The molecular weight excluding hydrogens is 310 g/mol. The molecule has 2 aliphatic rings. The Morgan fingerprint density at radius 2 is 2.10 bits per heavy atom. The predicted octanol–water partition coefficient (Wildman–Crippen LogP) is 2.84. The summed E-state index contributed by atoms with van der Waals surface area (Å²) in [5.74, 6) is 2.01. The van der Waals surface area contributed by atoms with Crippen molar-refractivity contribution in [2.75, 3.05) is 31.3 Å². The molecule has 1 fully saturated rings. The van der Waals surface area contributed by atoms with Gasteiger partial charge in [-0.2, -0.15) is 11.8 Å². The molecule has 0 saturated carbocycles. The number of hydrogen-bond donors (Lipinski definition) is 0. The average Bonchev–Trinajstić information content (AvgIpc) is 2.56. The van der Waals surface area contributed by atoms with E-state index in [0.29, 0.717) is 30.5 Å². The standard InChI is InChI=1S/C15H16ClNO3S/c16-12-3-1-11(2-4-12)13-10-21-8-5-17(13)15(18)14-9-19-6-7-20-14/h1-4,9,13H,5-8,10H2/t13-/m1/s1. The predicted molar refractivity (Wildman–Crippen MR) is 83.2 cm³/mol. The van der Waals surface area contributed by atoms with Crippen LogP contribution in [0.25, 0.3) is 0 Å². The third-order valence-corrected chi connectivity index (χ3v) is 4.78. The Labute approximate surface area is 133 Å². The van der Waals surface area contributed by atoms with Crippen LogP contribution in [0.4, 0.5) is 0 Å². The second kappa shape index (κ2) is 6.62. The smallest absolute Gasteiger partial charge is 0.292 e. The van der Waals surface area contributed by atoms with Crippen LogP contribution in [0.1, 0.15) is 11.6 Å². The fraction of sp³-hybridized carbons (Fsp3) is 0.400. The third-order valence-electron chi connectivity index (χ3n) is 3.50. The van der Waals surface area contributed by atoms with Gasteiger partial charge in [-0.05, 0) is 17.7 Å². The van der Waals surface area contributed by atoms with Gasteiger partial charge in [0.2, 0.25) is 5.76 Å². The summed E-state index contributed by atoms with van der Waals surface area (Å²) in [6.07, 6.45) is 1.42. The first kappa shape index (κ1) is 14.6. The van der Waals surface area contributed by atoms with Crippen LogP contribution in [0.5, 0.6) is 0 Å². The molecule has 0 spiro atoms. The van der Waals surface area contributed by atoms with Crippen molar-refractivity contribution in [3.05, 3.63) is 46.9 Å². The van der Waals surface area contributed by atoms with Crippen molar-refractivity contribution in [1.82, 2.24) is 4.90 Å². The van der Waals surface area contributed by atoms with Crippen LogP contribution >= 0.6 is 23.4 Å². The molecule has 112 valence electrons. The summed E-state index contributed by atoms with van der Waals surface area (Å²) in [7, 11) is 0. The molecule has 0 radical (unpaired) electrons. The number of amides is 1. The number of rotatable bonds is 2. The zero-order valence-electron chi connectivity index (χ0n) is 11.5. The van der Waals surface area contributed by atoms with E-state index in [1.165, 1.54) is 6.26 Å². The van der Waals surface area contributed by atoms with Gasteiger partial charge in [0, 0.05) is 23.1 Å². The van der Waals surface area contributed by atoms with Crippen LogP contribution in [-0.2, 0) is 14.3 Å².